The average Bonchev–Trinajstić information content (AvgIpc) is 2.15. The molecule has 0 spiro atoms. The number of rotatable bonds is 2. The minimum atomic E-state index is -0.518. The Kier molecular flexibility index (Phi) is 2.58. The van der Waals surface area contributed by atoms with Gasteiger partial charge in [0.05, 0.1) is 5.60 Å². The van der Waals surface area contributed by atoms with Gasteiger partial charge < -0.3 is 5.11 Å². The SMILES string of the molecule is CSc1cccc(C2(O)CCC2)c1C. The molecule has 0 bridgehead atoms. The van der Waals surface area contributed by atoms with Crippen molar-refractivity contribution in [3.8, 4) is 0 Å². The van der Waals surface area contributed by atoms with E-state index in [0.717, 1.165) is 24.8 Å². The van der Waals surface area contributed by atoms with Crippen LogP contribution >= 0.6 is 11.8 Å². The molecule has 0 amide bonds. The fourth-order valence-corrected chi connectivity index (χ4v) is 2.75. The summed E-state index contributed by atoms with van der Waals surface area (Å²) in [5, 5.41) is 10.3. The predicted octanol–water partition coefficient (Wildman–Crippen LogP) is 3.09. The van der Waals surface area contributed by atoms with E-state index in [1.165, 1.54) is 10.5 Å². The van der Waals surface area contributed by atoms with Gasteiger partial charge in [-0.15, -0.1) is 11.8 Å². The summed E-state index contributed by atoms with van der Waals surface area (Å²) in [6.45, 7) is 2.11. The molecule has 0 atom stereocenters. The van der Waals surface area contributed by atoms with Crippen LogP contribution in [0.15, 0.2) is 23.1 Å². The maximum absolute atomic E-state index is 10.3. The minimum Gasteiger partial charge on any atom is -0.385 e. The molecule has 2 heteroatoms. The molecule has 0 aromatic heterocycles. The molecule has 1 aliphatic rings. The van der Waals surface area contributed by atoms with Crippen molar-refractivity contribution >= 4 is 11.8 Å². The molecule has 1 fully saturated rings. The van der Waals surface area contributed by atoms with Crippen molar-refractivity contribution in [2.24, 2.45) is 0 Å². The van der Waals surface area contributed by atoms with E-state index in [0.29, 0.717) is 0 Å². The molecule has 76 valence electrons. The zero-order chi connectivity index (χ0) is 10.2. The third-order valence-electron chi connectivity index (χ3n) is 3.19. The first kappa shape index (κ1) is 10.1. The molecule has 1 nitrogen and oxygen atoms in total. The van der Waals surface area contributed by atoms with Gasteiger partial charge >= 0.3 is 0 Å². The molecule has 0 saturated heterocycles. The van der Waals surface area contributed by atoms with E-state index in [1.807, 2.05) is 6.07 Å². The first-order valence-electron chi connectivity index (χ1n) is 5.04. The molecule has 0 aliphatic heterocycles. The molecule has 1 N–H and O–H groups in total. The van der Waals surface area contributed by atoms with Crippen LogP contribution in [0.4, 0.5) is 0 Å². The molecule has 14 heavy (non-hydrogen) atoms. The first-order valence-corrected chi connectivity index (χ1v) is 6.26. The second-order valence-corrected chi connectivity index (χ2v) is 4.87. The van der Waals surface area contributed by atoms with Crippen molar-refractivity contribution in [3.63, 3.8) is 0 Å². The summed E-state index contributed by atoms with van der Waals surface area (Å²) in [5.41, 5.74) is 1.87. The van der Waals surface area contributed by atoms with Crippen LogP contribution in [-0.4, -0.2) is 11.4 Å². The lowest BCUT2D eigenvalue weighted by Gasteiger charge is -2.38. The Morgan fingerprint density at radius 2 is 2.07 bits per heavy atom. The van der Waals surface area contributed by atoms with Crippen molar-refractivity contribution in [2.75, 3.05) is 6.26 Å². The number of benzene rings is 1. The van der Waals surface area contributed by atoms with Crippen molar-refractivity contribution < 1.29 is 5.11 Å². The molecule has 0 radical (unpaired) electrons. The lowest BCUT2D eigenvalue weighted by atomic mass is 9.74. The van der Waals surface area contributed by atoms with Crippen LogP contribution in [0.25, 0.3) is 0 Å². The topological polar surface area (TPSA) is 20.2 Å². The largest absolute Gasteiger partial charge is 0.385 e. The van der Waals surface area contributed by atoms with Crippen LogP contribution in [0.3, 0.4) is 0 Å². The van der Waals surface area contributed by atoms with E-state index in [-0.39, 0.29) is 0 Å². The van der Waals surface area contributed by atoms with Crippen LogP contribution in [0.1, 0.15) is 30.4 Å². The van der Waals surface area contributed by atoms with Gasteiger partial charge in [0.25, 0.3) is 0 Å². The summed E-state index contributed by atoms with van der Waals surface area (Å²) in [5.74, 6) is 0. The van der Waals surface area contributed by atoms with Crippen molar-refractivity contribution in [2.45, 2.75) is 36.7 Å². The summed E-state index contributed by atoms with van der Waals surface area (Å²) < 4.78 is 0. The fraction of sp³-hybridized carbons (Fsp3) is 0.500. The maximum Gasteiger partial charge on any atom is 0.0899 e. The van der Waals surface area contributed by atoms with E-state index in [1.54, 1.807) is 11.8 Å². The summed E-state index contributed by atoms with van der Waals surface area (Å²) in [6.07, 6.45) is 5.08. The quantitative estimate of drug-likeness (QED) is 0.754. The van der Waals surface area contributed by atoms with Crippen molar-refractivity contribution in [3.05, 3.63) is 29.3 Å². The monoisotopic (exact) mass is 208 g/mol. The van der Waals surface area contributed by atoms with Crippen molar-refractivity contribution in [1.82, 2.24) is 0 Å². The molecule has 2 rings (SSSR count). The normalized spacial score (nSPS) is 19.1. The lowest BCUT2D eigenvalue weighted by molar-refractivity contribution is -0.0395. The van der Waals surface area contributed by atoms with Crippen LogP contribution in [0.2, 0.25) is 0 Å². The predicted molar refractivity (Wildman–Crippen MR) is 60.7 cm³/mol. The van der Waals surface area contributed by atoms with Gasteiger partial charge in [-0.25, -0.2) is 0 Å². The van der Waals surface area contributed by atoms with Gasteiger partial charge in [-0.1, -0.05) is 12.1 Å². The second kappa shape index (κ2) is 3.59. The van der Waals surface area contributed by atoms with Gasteiger partial charge in [0.2, 0.25) is 0 Å². The Balaban J connectivity index is 2.43. The van der Waals surface area contributed by atoms with Crippen LogP contribution in [0.5, 0.6) is 0 Å². The number of hydrogen-bond acceptors (Lipinski definition) is 2. The summed E-state index contributed by atoms with van der Waals surface area (Å²) >= 11 is 1.75. The number of hydrogen-bond donors (Lipinski definition) is 1. The number of thioether (sulfide) groups is 1. The third kappa shape index (κ3) is 1.47. The molecule has 0 unspecified atom stereocenters. The zero-order valence-electron chi connectivity index (χ0n) is 8.71. The second-order valence-electron chi connectivity index (χ2n) is 4.02. The van der Waals surface area contributed by atoms with Crippen molar-refractivity contribution in [1.29, 1.82) is 0 Å². The highest BCUT2D eigenvalue weighted by atomic mass is 32.2. The van der Waals surface area contributed by atoms with E-state index >= 15 is 0 Å². The van der Waals surface area contributed by atoms with Crippen LogP contribution in [-0.2, 0) is 5.60 Å². The van der Waals surface area contributed by atoms with E-state index < -0.39 is 5.60 Å². The van der Waals surface area contributed by atoms with Gasteiger partial charge in [0, 0.05) is 4.90 Å². The Hall–Kier alpha value is -0.470. The van der Waals surface area contributed by atoms with Crippen LogP contribution < -0.4 is 0 Å². The highest BCUT2D eigenvalue weighted by Gasteiger charge is 2.37. The minimum absolute atomic E-state index is 0.518. The van der Waals surface area contributed by atoms with Gasteiger partial charge in [0.15, 0.2) is 0 Å². The lowest BCUT2D eigenvalue weighted by Crippen LogP contribution is -2.34. The smallest absolute Gasteiger partial charge is 0.0899 e. The third-order valence-corrected chi connectivity index (χ3v) is 4.07. The molecular formula is C12H16OS. The maximum atomic E-state index is 10.3. The van der Waals surface area contributed by atoms with Gasteiger partial charge in [-0.05, 0) is 49.6 Å². The molecular weight excluding hydrogens is 192 g/mol. The highest BCUT2D eigenvalue weighted by molar-refractivity contribution is 7.98. The van der Waals surface area contributed by atoms with E-state index in [9.17, 15) is 5.11 Å². The Labute approximate surface area is 89.5 Å². The Bertz CT molecular complexity index is 342. The van der Waals surface area contributed by atoms with E-state index in [2.05, 4.69) is 25.3 Å². The summed E-state index contributed by atoms with van der Waals surface area (Å²) in [6, 6.07) is 6.23. The van der Waals surface area contributed by atoms with E-state index in [4.69, 9.17) is 0 Å². The molecule has 1 aliphatic carbocycles. The van der Waals surface area contributed by atoms with Gasteiger partial charge in [-0.3, -0.25) is 0 Å². The first-order chi connectivity index (χ1) is 6.67. The summed E-state index contributed by atoms with van der Waals surface area (Å²) in [7, 11) is 0. The molecule has 1 aromatic carbocycles. The zero-order valence-corrected chi connectivity index (χ0v) is 9.53. The number of aliphatic hydroxyl groups is 1. The van der Waals surface area contributed by atoms with Crippen LogP contribution in [0, 0.1) is 6.92 Å². The molecule has 0 heterocycles. The fourth-order valence-electron chi connectivity index (χ4n) is 2.12. The van der Waals surface area contributed by atoms with Gasteiger partial charge in [0.1, 0.15) is 0 Å². The standard InChI is InChI=1S/C12H16OS/c1-9-10(12(13)7-4-8-12)5-3-6-11(9)14-2/h3,5-6,13H,4,7-8H2,1-2H3. The van der Waals surface area contributed by atoms with Gasteiger partial charge in [-0.2, -0.15) is 0 Å². The molecule has 1 aromatic rings. The highest BCUT2D eigenvalue weighted by Crippen LogP contribution is 2.43. The molecule has 1 saturated carbocycles. The average molecular weight is 208 g/mol. The Morgan fingerprint density at radius 1 is 1.36 bits per heavy atom. The Morgan fingerprint density at radius 3 is 2.57 bits per heavy atom. The summed E-state index contributed by atoms with van der Waals surface area (Å²) in [4.78, 5) is 1.28.